The predicted octanol–water partition coefficient (Wildman–Crippen LogP) is 1.37. The highest BCUT2D eigenvalue weighted by molar-refractivity contribution is 5.92. The number of carbonyl (C=O) groups is 1. The van der Waals surface area contributed by atoms with E-state index < -0.39 is 0 Å². The number of carbonyl (C=O) groups excluding carboxylic acids is 1. The van der Waals surface area contributed by atoms with Crippen molar-refractivity contribution in [3.05, 3.63) is 30.2 Å². The molecule has 0 unspecified atom stereocenters. The highest BCUT2D eigenvalue weighted by atomic mass is 16.2. The number of aromatic nitrogens is 4. The predicted molar refractivity (Wildman–Crippen MR) is 83.5 cm³/mol. The Labute approximate surface area is 129 Å². The van der Waals surface area contributed by atoms with Gasteiger partial charge in [-0.1, -0.05) is 0 Å². The Morgan fingerprint density at radius 2 is 2.14 bits per heavy atom. The third-order valence-corrected chi connectivity index (χ3v) is 3.99. The third-order valence-electron chi connectivity index (χ3n) is 3.99. The minimum Gasteiger partial charge on any atom is -0.340 e. The van der Waals surface area contributed by atoms with E-state index in [-0.39, 0.29) is 11.8 Å². The first-order valence-electron chi connectivity index (χ1n) is 7.47. The SMILES string of the molecule is Cc1cc(NC(=O)[C@@H]2CCCN(c3ncccn3)C2)nn1C. The Morgan fingerprint density at radius 3 is 2.82 bits per heavy atom. The van der Waals surface area contributed by atoms with Crippen LogP contribution in [0.4, 0.5) is 11.8 Å². The van der Waals surface area contributed by atoms with Crippen molar-refractivity contribution in [2.45, 2.75) is 19.8 Å². The van der Waals surface area contributed by atoms with Crippen LogP contribution in [0.15, 0.2) is 24.5 Å². The fourth-order valence-corrected chi connectivity index (χ4v) is 2.68. The number of amides is 1. The Hall–Kier alpha value is -2.44. The molecule has 1 fully saturated rings. The maximum Gasteiger partial charge on any atom is 0.230 e. The van der Waals surface area contributed by atoms with Gasteiger partial charge in [0, 0.05) is 44.3 Å². The molecule has 2 aromatic heterocycles. The van der Waals surface area contributed by atoms with Gasteiger partial charge in [-0.2, -0.15) is 5.10 Å². The zero-order valence-electron chi connectivity index (χ0n) is 12.9. The number of piperidine rings is 1. The smallest absolute Gasteiger partial charge is 0.230 e. The molecule has 0 spiro atoms. The summed E-state index contributed by atoms with van der Waals surface area (Å²) in [5.74, 6) is 1.24. The van der Waals surface area contributed by atoms with E-state index in [0.29, 0.717) is 18.3 Å². The summed E-state index contributed by atoms with van der Waals surface area (Å²) in [5.41, 5.74) is 1.01. The van der Waals surface area contributed by atoms with Crippen molar-refractivity contribution < 1.29 is 4.79 Å². The van der Waals surface area contributed by atoms with Crippen LogP contribution >= 0.6 is 0 Å². The molecule has 116 valence electrons. The maximum absolute atomic E-state index is 12.4. The normalized spacial score (nSPS) is 18.3. The summed E-state index contributed by atoms with van der Waals surface area (Å²) >= 11 is 0. The van der Waals surface area contributed by atoms with Gasteiger partial charge in [0.15, 0.2) is 5.82 Å². The van der Waals surface area contributed by atoms with Gasteiger partial charge in [0.2, 0.25) is 11.9 Å². The Kier molecular flexibility index (Phi) is 4.04. The van der Waals surface area contributed by atoms with E-state index in [2.05, 4.69) is 25.3 Å². The van der Waals surface area contributed by atoms with Crippen molar-refractivity contribution >= 4 is 17.7 Å². The molecule has 3 rings (SSSR count). The van der Waals surface area contributed by atoms with Crippen LogP contribution in [-0.4, -0.2) is 38.7 Å². The van der Waals surface area contributed by atoms with Crippen LogP contribution in [0.1, 0.15) is 18.5 Å². The van der Waals surface area contributed by atoms with Crippen LogP contribution in [0.3, 0.4) is 0 Å². The van der Waals surface area contributed by atoms with Gasteiger partial charge in [0.05, 0.1) is 5.92 Å². The minimum absolute atomic E-state index is 0.0127. The molecule has 1 aliphatic rings. The van der Waals surface area contributed by atoms with Gasteiger partial charge in [-0.25, -0.2) is 9.97 Å². The van der Waals surface area contributed by atoms with Gasteiger partial charge >= 0.3 is 0 Å². The van der Waals surface area contributed by atoms with E-state index >= 15 is 0 Å². The first kappa shape index (κ1) is 14.5. The molecule has 3 heterocycles. The largest absolute Gasteiger partial charge is 0.340 e. The zero-order valence-corrected chi connectivity index (χ0v) is 12.9. The summed E-state index contributed by atoms with van der Waals surface area (Å²) in [6.45, 7) is 3.48. The molecular formula is C15H20N6O. The second-order valence-electron chi connectivity index (χ2n) is 5.62. The van der Waals surface area contributed by atoms with Crippen molar-refractivity contribution in [1.82, 2.24) is 19.7 Å². The van der Waals surface area contributed by atoms with Gasteiger partial charge in [-0.3, -0.25) is 9.48 Å². The molecular weight excluding hydrogens is 280 g/mol. The molecule has 2 aromatic rings. The highest BCUT2D eigenvalue weighted by Crippen LogP contribution is 2.21. The zero-order chi connectivity index (χ0) is 15.5. The lowest BCUT2D eigenvalue weighted by Gasteiger charge is -2.31. The van der Waals surface area contributed by atoms with Gasteiger partial charge < -0.3 is 10.2 Å². The molecule has 7 heteroatoms. The van der Waals surface area contributed by atoms with Gasteiger partial charge in [-0.05, 0) is 25.8 Å². The van der Waals surface area contributed by atoms with Crippen LogP contribution < -0.4 is 10.2 Å². The number of anilines is 2. The standard InChI is InChI=1S/C15H20N6O/c1-11-9-13(19-20(11)2)18-14(22)12-5-3-8-21(10-12)15-16-6-4-7-17-15/h4,6-7,9,12H,3,5,8,10H2,1-2H3,(H,18,19,22)/t12-/m1/s1. The van der Waals surface area contributed by atoms with E-state index in [0.717, 1.165) is 25.1 Å². The molecule has 7 nitrogen and oxygen atoms in total. The highest BCUT2D eigenvalue weighted by Gasteiger charge is 2.27. The number of rotatable bonds is 3. The summed E-state index contributed by atoms with van der Waals surface area (Å²) in [6, 6.07) is 3.67. The summed E-state index contributed by atoms with van der Waals surface area (Å²) < 4.78 is 1.75. The van der Waals surface area contributed by atoms with Crippen LogP contribution in [0.5, 0.6) is 0 Å². The minimum atomic E-state index is -0.0696. The molecule has 1 N–H and O–H groups in total. The fraction of sp³-hybridized carbons (Fsp3) is 0.467. The van der Waals surface area contributed by atoms with E-state index in [9.17, 15) is 4.79 Å². The molecule has 0 aromatic carbocycles. The lowest BCUT2D eigenvalue weighted by molar-refractivity contribution is -0.120. The van der Waals surface area contributed by atoms with Crippen molar-refractivity contribution in [2.75, 3.05) is 23.3 Å². The molecule has 0 bridgehead atoms. The van der Waals surface area contributed by atoms with Crippen LogP contribution in [0.25, 0.3) is 0 Å². The van der Waals surface area contributed by atoms with E-state index in [4.69, 9.17) is 0 Å². The van der Waals surface area contributed by atoms with Crippen molar-refractivity contribution in [1.29, 1.82) is 0 Å². The lowest BCUT2D eigenvalue weighted by Crippen LogP contribution is -2.41. The van der Waals surface area contributed by atoms with Crippen LogP contribution in [0.2, 0.25) is 0 Å². The average Bonchev–Trinajstić information content (AvgIpc) is 2.86. The Morgan fingerprint density at radius 1 is 1.36 bits per heavy atom. The first-order chi connectivity index (χ1) is 10.6. The Bertz CT molecular complexity index is 634. The Balaban J connectivity index is 1.65. The third kappa shape index (κ3) is 3.08. The van der Waals surface area contributed by atoms with Crippen molar-refractivity contribution in [3.8, 4) is 0 Å². The van der Waals surface area contributed by atoms with Gasteiger partial charge in [-0.15, -0.1) is 0 Å². The topological polar surface area (TPSA) is 75.9 Å². The lowest BCUT2D eigenvalue weighted by atomic mass is 9.97. The number of nitrogens with one attached hydrogen (secondary N) is 1. The number of hydrogen-bond acceptors (Lipinski definition) is 5. The van der Waals surface area contributed by atoms with E-state index in [1.165, 1.54) is 0 Å². The quantitative estimate of drug-likeness (QED) is 0.926. The van der Waals surface area contributed by atoms with Gasteiger partial charge in [0.25, 0.3) is 0 Å². The molecule has 0 aliphatic carbocycles. The summed E-state index contributed by atoms with van der Waals surface area (Å²) in [5, 5.41) is 7.18. The van der Waals surface area contributed by atoms with Crippen LogP contribution in [0, 0.1) is 12.8 Å². The van der Waals surface area contributed by atoms with E-state index in [1.807, 2.05) is 20.0 Å². The molecule has 22 heavy (non-hydrogen) atoms. The number of aryl methyl sites for hydroxylation is 2. The molecule has 0 radical (unpaired) electrons. The summed E-state index contributed by atoms with van der Waals surface area (Å²) in [7, 11) is 1.86. The first-order valence-corrected chi connectivity index (χ1v) is 7.47. The second kappa shape index (κ2) is 6.13. The summed E-state index contributed by atoms with van der Waals surface area (Å²) in [4.78, 5) is 23.0. The maximum atomic E-state index is 12.4. The van der Waals surface area contributed by atoms with Gasteiger partial charge in [0.1, 0.15) is 0 Å². The summed E-state index contributed by atoms with van der Waals surface area (Å²) in [6.07, 6.45) is 5.28. The van der Waals surface area contributed by atoms with Crippen molar-refractivity contribution in [2.24, 2.45) is 13.0 Å². The van der Waals surface area contributed by atoms with E-state index in [1.54, 1.807) is 23.1 Å². The fourth-order valence-electron chi connectivity index (χ4n) is 2.68. The monoisotopic (exact) mass is 300 g/mol. The molecule has 1 saturated heterocycles. The molecule has 1 atom stereocenters. The molecule has 0 saturated carbocycles. The number of hydrogen-bond donors (Lipinski definition) is 1. The average molecular weight is 300 g/mol. The molecule has 1 amide bonds. The van der Waals surface area contributed by atoms with Crippen molar-refractivity contribution in [3.63, 3.8) is 0 Å². The van der Waals surface area contributed by atoms with Crippen LogP contribution in [-0.2, 0) is 11.8 Å². The number of nitrogens with zero attached hydrogens (tertiary/aromatic N) is 5. The second-order valence-corrected chi connectivity index (χ2v) is 5.62. The molecule has 1 aliphatic heterocycles.